The summed E-state index contributed by atoms with van der Waals surface area (Å²) in [6.07, 6.45) is 2.42. The zero-order chi connectivity index (χ0) is 24.0. The van der Waals surface area contributed by atoms with Gasteiger partial charge in [-0.1, -0.05) is 6.07 Å². The summed E-state index contributed by atoms with van der Waals surface area (Å²) in [5, 5.41) is 13.0. The van der Waals surface area contributed by atoms with E-state index in [4.69, 9.17) is 24.2 Å². The third-order valence-electron chi connectivity index (χ3n) is 6.21. The van der Waals surface area contributed by atoms with Crippen molar-refractivity contribution in [3.05, 3.63) is 36.7 Å². The van der Waals surface area contributed by atoms with Crippen LogP contribution in [0.15, 0.2) is 36.7 Å². The van der Waals surface area contributed by atoms with E-state index >= 15 is 0 Å². The number of nitrogens with zero attached hydrogens (tertiary/aromatic N) is 5. The van der Waals surface area contributed by atoms with E-state index in [0.717, 1.165) is 55.7 Å². The molecule has 0 spiro atoms. The molecule has 2 aliphatic heterocycles. The second-order valence-electron chi connectivity index (χ2n) is 8.38. The lowest BCUT2D eigenvalue weighted by atomic mass is 10.2. The predicted octanol–water partition coefficient (Wildman–Crippen LogP) is 3.02. The highest BCUT2D eigenvalue weighted by atomic mass is 16.7. The Morgan fingerprint density at radius 3 is 2.77 bits per heavy atom. The van der Waals surface area contributed by atoms with Crippen LogP contribution >= 0.6 is 0 Å². The van der Waals surface area contributed by atoms with Crippen LogP contribution in [0.4, 0.5) is 11.5 Å². The van der Waals surface area contributed by atoms with Gasteiger partial charge in [-0.15, -0.1) is 0 Å². The van der Waals surface area contributed by atoms with Crippen molar-refractivity contribution in [1.29, 1.82) is 5.26 Å². The number of nitriles is 1. The van der Waals surface area contributed by atoms with Gasteiger partial charge >= 0.3 is 0 Å². The van der Waals surface area contributed by atoms with E-state index < -0.39 is 0 Å². The third-order valence-corrected chi connectivity index (χ3v) is 6.21. The second kappa shape index (κ2) is 10.6. The molecule has 0 bridgehead atoms. The van der Waals surface area contributed by atoms with Gasteiger partial charge in [-0.2, -0.15) is 5.26 Å². The van der Waals surface area contributed by atoms with Gasteiger partial charge in [-0.05, 0) is 24.6 Å². The fourth-order valence-electron chi connectivity index (χ4n) is 4.33. The van der Waals surface area contributed by atoms with Crippen molar-refractivity contribution in [2.24, 2.45) is 0 Å². The highest BCUT2D eigenvalue weighted by Crippen LogP contribution is 2.41. The standard InChI is InChI=1S/C25H28N6O4/c1-32-22-14-18-20(15-23(22)33-13-3-7-30-9-11-31(8-6-26)12-10-30)27-16-28-25(18)29-19-4-2-5-21-24(19)35-17-34-21/h2,4-5,14-16H,3,7-13,17H2,1H3,(H,27,28,29). The number of nitrogens with one attached hydrogen (secondary N) is 1. The number of para-hydroxylation sites is 1. The van der Waals surface area contributed by atoms with Gasteiger partial charge < -0.3 is 29.2 Å². The Labute approximate surface area is 204 Å². The molecule has 1 fully saturated rings. The van der Waals surface area contributed by atoms with Crippen LogP contribution in [0, 0.1) is 11.3 Å². The minimum atomic E-state index is 0.199. The largest absolute Gasteiger partial charge is 0.493 e. The van der Waals surface area contributed by atoms with Crippen LogP contribution in [0.2, 0.25) is 0 Å². The smallest absolute Gasteiger partial charge is 0.231 e. The molecule has 0 saturated carbocycles. The summed E-state index contributed by atoms with van der Waals surface area (Å²) in [7, 11) is 1.63. The minimum Gasteiger partial charge on any atom is -0.493 e. The number of hydrogen-bond donors (Lipinski definition) is 1. The lowest BCUT2D eigenvalue weighted by molar-refractivity contribution is 0.136. The van der Waals surface area contributed by atoms with Crippen LogP contribution < -0.4 is 24.3 Å². The number of piperazine rings is 1. The molecule has 3 aromatic rings. The van der Waals surface area contributed by atoms with Crippen LogP contribution in [-0.4, -0.2) is 79.5 Å². The Morgan fingerprint density at radius 1 is 1.09 bits per heavy atom. The Morgan fingerprint density at radius 2 is 1.94 bits per heavy atom. The molecule has 1 saturated heterocycles. The van der Waals surface area contributed by atoms with Gasteiger partial charge in [0.1, 0.15) is 12.1 Å². The van der Waals surface area contributed by atoms with Gasteiger partial charge in [-0.3, -0.25) is 4.90 Å². The van der Waals surface area contributed by atoms with Crippen molar-refractivity contribution in [1.82, 2.24) is 19.8 Å². The molecule has 0 amide bonds. The number of ether oxygens (including phenoxy) is 4. The first kappa shape index (κ1) is 23.0. The first-order valence-electron chi connectivity index (χ1n) is 11.7. The Hall–Kier alpha value is -3.81. The number of benzene rings is 2. The molecule has 5 rings (SSSR count). The van der Waals surface area contributed by atoms with Crippen LogP contribution in [0.1, 0.15) is 6.42 Å². The van der Waals surface area contributed by atoms with Crippen molar-refractivity contribution in [2.45, 2.75) is 6.42 Å². The molecule has 1 N–H and O–H groups in total. The van der Waals surface area contributed by atoms with Crippen molar-refractivity contribution in [2.75, 3.05) is 65.1 Å². The maximum atomic E-state index is 8.84. The monoisotopic (exact) mass is 476 g/mol. The van der Waals surface area contributed by atoms with Crippen molar-refractivity contribution in [3.8, 4) is 29.1 Å². The quantitative estimate of drug-likeness (QED) is 0.366. The Kier molecular flexibility index (Phi) is 6.97. The number of rotatable bonds is 9. The third kappa shape index (κ3) is 5.16. The summed E-state index contributed by atoms with van der Waals surface area (Å²) in [6, 6.07) is 11.7. The van der Waals surface area contributed by atoms with Gasteiger partial charge in [0.25, 0.3) is 0 Å². The first-order valence-corrected chi connectivity index (χ1v) is 11.7. The normalized spacial score (nSPS) is 15.7. The number of anilines is 2. The van der Waals surface area contributed by atoms with Crippen LogP contribution in [0.25, 0.3) is 10.9 Å². The summed E-state index contributed by atoms with van der Waals surface area (Å²) in [6.45, 7) is 6.08. The van der Waals surface area contributed by atoms with Gasteiger partial charge in [0.15, 0.2) is 23.0 Å². The number of hydrogen-bond acceptors (Lipinski definition) is 10. The van der Waals surface area contributed by atoms with E-state index in [2.05, 4.69) is 31.2 Å². The molecule has 3 heterocycles. The second-order valence-corrected chi connectivity index (χ2v) is 8.38. The zero-order valence-electron chi connectivity index (χ0n) is 19.7. The molecule has 2 aliphatic rings. The molecule has 2 aromatic carbocycles. The molecule has 10 heteroatoms. The molecular weight excluding hydrogens is 448 g/mol. The summed E-state index contributed by atoms with van der Waals surface area (Å²) >= 11 is 0. The fourth-order valence-corrected chi connectivity index (χ4v) is 4.33. The first-order chi connectivity index (χ1) is 17.2. The van der Waals surface area contributed by atoms with Gasteiger partial charge in [0.05, 0.1) is 37.5 Å². The minimum absolute atomic E-state index is 0.199. The van der Waals surface area contributed by atoms with Crippen LogP contribution in [0.3, 0.4) is 0 Å². The number of aromatic nitrogens is 2. The molecule has 10 nitrogen and oxygen atoms in total. The SMILES string of the molecule is COc1cc2c(Nc3cccc4c3OCO4)ncnc2cc1OCCCN1CCN(CC#N)CC1. The van der Waals surface area contributed by atoms with Gasteiger partial charge in [0.2, 0.25) is 6.79 Å². The summed E-state index contributed by atoms with van der Waals surface area (Å²) in [5.41, 5.74) is 1.52. The molecule has 182 valence electrons. The fraction of sp³-hybridized carbons (Fsp3) is 0.400. The van der Waals surface area contributed by atoms with Crippen molar-refractivity contribution >= 4 is 22.4 Å². The van der Waals surface area contributed by atoms with E-state index in [-0.39, 0.29) is 6.79 Å². The highest BCUT2D eigenvalue weighted by molar-refractivity contribution is 5.93. The van der Waals surface area contributed by atoms with Crippen LogP contribution in [0.5, 0.6) is 23.0 Å². The van der Waals surface area contributed by atoms with Gasteiger partial charge in [0, 0.05) is 44.2 Å². The van der Waals surface area contributed by atoms with E-state index in [1.807, 2.05) is 30.3 Å². The Balaban J connectivity index is 1.24. The van der Waals surface area contributed by atoms with Gasteiger partial charge in [-0.25, -0.2) is 9.97 Å². The van der Waals surface area contributed by atoms with E-state index in [9.17, 15) is 0 Å². The molecular formula is C25H28N6O4. The topological polar surface area (TPSA) is 105 Å². The van der Waals surface area contributed by atoms with Crippen molar-refractivity contribution in [3.63, 3.8) is 0 Å². The van der Waals surface area contributed by atoms with E-state index in [1.165, 1.54) is 6.33 Å². The predicted molar refractivity (Wildman–Crippen MR) is 131 cm³/mol. The molecule has 35 heavy (non-hydrogen) atoms. The summed E-state index contributed by atoms with van der Waals surface area (Å²) < 4.78 is 22.8. The Bertz CT molecular complexity index is 1220. The molecule has 0 aliphatic carbocycles. The van der Waals surface area contributed by atoms with Crippen LogP contribution in [-0.2, 0) is 0 Å². The summed E-state index contributed by atoms with van der Waals surface area (Å²) in [4.78, 5) is 13.5. The molecule has 0 radical (unpaired) electrons. The lowest BCUT2D eigenvalue weighted by Gasteiger charge is -2.33. The lowest BCUT2D eigenvalue weighted by Crippen LogP contribution is -2.46. The molecule has 1 aromatic heterocycles. The average Bonchev–Trinajstić information content (AvgIpc) is 3.37. The molecule has 0 unspecified atom stereocenters. The van der Waals surface area contributed by atoms with E-state index in [0.29, 0.717) is 42.0 Å². The van der Waals surface area contributed by atoms with E-state index in [1.54, 1.807) is 7.11 Å². The van der Waals surface area contributed by atoms with Crippen molar-refractivity contribution < 1.29 is 18.9 Å². The maximum absolute atomic E-state index is 8.84. The summed E-state index contributed by atoms with van der Waals surface area (Å²) in [5.74, 6) is 3.28. The zero-order valence-corrected chi connectivity index (χ0v) is 19.7. The highest BCUT2D eigenvalue weighted by Gasteiger charge is 2.19. The average molecular weight is 477 g/mol. The number of methoxy groups -OCH3 is 1. The number of fused-ring (bicyclic) bond motifs is 2. The maximum Gasteiger partial charge on any atom is 0.231 e. The molecule has 0 atom stereocenters.